The Labute approximate surface area is 170 Å². The average Bonchev–Trinajstić information content (AvgIpc) is 2.58. The second kappa shape index (κ2) is 9.26. The molecular weight excluding hydrogens is 380 g/mol. The molecule has 0 aliphatic carbocycles. The maximum absolute atomic E-state index is 11.6. The van der Waals surface area contributed by atoms with E-state index in [2.05, 4.69) is 20.8 Å². The van der Waals surface area contributed by atoms with Gasteiger partial charge in [0.15, 0.2) is 12.2 Å². The summed E-state index contributed by atoms with van der Waals surface area (Å²) in [5, 5.41) is 0. The first kappa shape index (κ1) is 22.7. The third kappa shape index (κ3) is 6.45. The van der Waals surface area contributed by atoms with E-state index in [1.165, 1.54) is 20.8 Å². The Bertz CT molecular complexity index is 734. The van der Waals surface area contributed by atoms with E-state index in [1.807, 2.05) is 12.1 Å². The number of esters is 3. The molecule has 1 heterocycles. The minimum absolute atomic E-state index is 0.0161. The Kier molecular flexibility index (Phi) is 7.24. The highest BCUT2D eigenvalue weighted by Gasteiger charge is 2.48. The maximum atomic E-state index is 11.6. The maximum Gasteiger partial charge on any atom is 0.303 e. The number of ether oxygens (including phenoxy) is 5. The van der Waals surface area contributed by atoms with Crippen LogP contribution < -0.4 is 4.74 Å². The lowest BCUT2D eigenvalue weighted by molar-refractivity contribution is -0.259. The quantitative estimate of drug-likeness (QED) is 0.542. The summed E-state index contributed by atoms with van der Waals surface area (Å²) >= 11 is 0. The van der Waals surface area contributed by atoms with E-state index in [0.29, 0.717) is 5.75 Å². The van der Waals surface area contributed by atoms with Gasteiger partial charge in [-0.05, 0) is 23.1 Å². The highest BCUT2D eigenvalue weighted by atomic mass is 16.7. The van der Waals surface area contributed by atoms with E-state index < -0.39 is 42.5 Å². The van der Waals surface area contributed by atoms with Gasteiger partial charge in [0.05, 0.1) is 6.61 Å². The minimum atomic E-state index is -1.11. The van der Waals surface area contributed by atoms with Crippen molar-refractivity contribution >= 4 is 17.9 Å². The zero-order valence-corrected chi connectivity index (χ0v) is 17.6. The van der Waals surface area contributed by atoms with Crippen LogP contribution in [-0.2, 0) is 38.7 Å². The number of rotatable bonds is 5. The summed E-state index contributed by atoms with van der Waals surface area (Å²) in [5.74, 6) is -1.31. The smallest absolute Gasteiger partial charge is 0.303 e. The molecule has 29 heavy (non-hydrogen) atoms. The number of hydrogen-bond acceptors (Lipinski definition) is 8. The van der Waals surface area contributed by atoms with Crippen LogP contribution in [-0.4, -0.2) is 49.1 Å². The summed E-state index contributed by atoms with van der Waals surface area (Å²) in [6, 6.07) is 7.44. The molecule has 2 rings (SSSR count). The first-order chi connectivity index (χ1) is 13.5. The van der Waals surface area contributed by atoms with Gasteiger partial charge >= 0.3 is 17.9 Å². The van der Waals surface area contributed by atoms with E-state index in [9.17, 15) is 14.4 Å². The SMILES string of the molecule is CC(=O)O[C@@H]1[C@@H](Oc2ccc(C(C)(C)C)cc2)OC[C@@H](OC(C)=O)[C@H]1OC(C)=O. The molecule has 1 aliphatic heterocycles. The lowest BCUT2D eigenvalue weighted by Gasteiger charge is -2.40. The summed E-state index contributed by atoms with van der Waals surface area (Å²) in [6.07, 6.45) is -4.15. The molecule has 160 valence electrons. The molecule has 0 saturated carbocycles. The molecule has 4 atom stereocenters. The molecule has 1 saturated heterocycles. The van der Waals surface area contributed by atoms with Crippen molar-refractivity contribution in [2.45, 2.75) is 71.6 Å². The molecule has 1 aliphatic rings. The van der Waals surface area contributed by atoms with Gasteiger partial charge in [-0.15, -0.1) is 0 Å². The molecule has 0 aromatic heterocycles. The van der Waals surface area contributed by atoms with Crippen LogP contribution in [0.25, 0.3) is 0 Å². The van der Waals surface area contributed by atoms with Gasteiger partial charge in [0.2, 0.25) is 12.4 Å². The van der Waals surface area contributed by atoms with Gasteiger partial charge in [-0.25, -0.2) is 0 Å². The summed E-state index contributed by atoms with van der Waals surface area (Å²) < 4.78 is 27.3. The van der Waals surface area contributed by atoms with Gasteiger partial charge < -0.3 is 23.7 Å². The second-order valence-corrected chi connectivity index (χ2v) is 7.89. The molecule has 0 spiro atoms. The molecule has 0 unspecified atom stereocenters. The molecule has 1 aromatic carbocycles. The summed E-state index contributed by atoms with van der Waals surface area (Å²) in [6.45, 7) is 9.88. The summed E-state index contributed by atoms with van der Waals surface area (Å²) in [7, 11) is 0. The van der Waals surface area contributed by atoms with Crippen LogP contribution >= 0.6 is 0 Å². The van der Waals surface area contributed by atoms with Crippen LogP contribution in [0.15, 0.2) is 24.3 Å². The zero-order valence-electron chi connectivity index (χ0n) is 17.6. The lowest BCUT2D eigenvalue weighted by Crippen LogP contribution is -2.59. The number of carbonyl (C=O) groups excluding carboxylic acids is 3. The van der Waals surface area contributed by atoms with Crippen molar-refractivity contribution in [3.63, 3.8) is 0 Å². The molecule has 1 aromatic rings. The highest BCUT2D eigenvalue weighted by Crippen LogP contribution is 2.29. The largest absolute Gasteiger partial charge is 0.461 e. The van der Waals surface area contributed by atoms with E-state index >= 15 is 0 Å². The van der Waals surface area contributed by atoms with Crippen molar-refractivity contribution in [2.24, 2.45) is 0 Å². The Hall–Kier alpha value is -2.61. The van der Waals surface area contributed by atoms with Crippen molar-refractivity contribution in [3.05, 3.63) is 29.8 Å². The van der Waals surface area contributed by atoms with Gasteiger partial charge in [-0.2, -0.15) is 0 Å². The number of hydrogen-bond donors (Lipinski definition) is 0. The molecule has 0 radical (unpaired) electrons. The average molecular weight is 408 g/mol. The number of benzene rings is 1. The van der Waals surface area contributed by atoms with Crippen LogP contribution in [0.4, 0.5) is 0 Å². The molecule has 8 nitrogen and oxygen atoms in total. The van der Waals surface area contributed by atoms with E-state index in [1.54, 1.807) is 12.1 Å². The molecule has 1 fully saturated rings. The van der Waals surface area contributed by atoms with Gasteiger partial charge in [-0.1, -0.05) is 32.9 Å². The lowest BCUT2D eigenvalue weighted by atomic mass is 9.87. The van der Waals surface area contributed by atoms with Crippen molar-refractivity contribution in [2.75, 3.05) is 6.61 Å². The normalized spacial score (nSPS) is 24.3. The number of carbonyl (C=O) groups is 3. The zero-order chi connectivity index (χ0) is 21.8. The van der Waals surface area contributed by atoms with Crippen molar-refractivity contribution in [1.82, 2.24) is 0 Å². The monoisotopic (exact) mass is 408 g/mol. The van der Waals surface area contributed by atoms with Gasteiger partial charge in [0, 0.05) is 20.8 Å². The molecule has 0 amide bonds. The van der Waals surface area contributed by atoms with E-state index in [-0.39, 0.29) is 12.0 Å². The predicted octanol–water partition coefficient (Wildman–Crippen LogP) is 2.51. The Balaban J connectivity index is 2.25. The van der Waals surface area contributed by atoms with Crippen LogP contribution in [0.1, 0.15) is 47.1 Å². The highest BCUT2D eigenvalue weighted by molar-refractivity contribution is 5.68. The van der Waals surface area contributed by atoms with Crippen LogP contribution in [0, 0.1) is 0 Å². The summed E-state index contributed by atoms with van der Waals surface area (Å²) in [4.78, 5) is 34.6. The van der Waals surface area contributed by atoms with Crippen LogP contribution in [0.5, 0.6) is 5.75 Å². The minimum Gasteiger partial charge on any atom is -0.461 e. The van der Waals surface area contributed by atoms with Crippen LogP contribution in [0.3, 0.4) is 0 Å². The fourth-order valence-corrected chi connectivity index (χ4v) is 2.98. The van der Waals surface area contributed by atoms with Crippen LogP contribution in [0.2, 0.25) is 0 Å². The summed E-state index contributed by atoms with van der Waals surface area (Å²) in [5.41, 5.74) is 1.11. The van der Waals surface area contributed by atoms with Crippen molar-refractivity contribution < 1.29 is 38.1 Å². The first-order valence-electron chi connectivity index (χ1n) is 9.38. The molecule has 0 bridgehead atoms. The molecule has 0 N–H and O–H groups in total. The predicted molar refractivity (Wildman–Crippen MR) is 102 cm³/mol. The topological polar surface area (TPSA) is 97.4 Å². The molecular formula is C21H28O8. The van der Waals surface area contributed by atoms with Crippen molar-refractivity contribution in [3.8, 4) is 5.75 Å². The Morgan fingerprint density at radius 1 is 0.862 bits per heavy atom. The first-order valence-corrected chi connectivity index (χ1v) is 9.38. The van der Waals surface area contributed by atoms with Gasteiger partial charge in [-0.3, -0.25) is 14.4 Å². The Morgan fingerprint density at radius 2 is 1.38 bits per heavy atom. The standard InChI is InChI=1S/C21H28O8/c1-12(22)26-17-11-25-20(19(28-14(3)24)18(17)27-13(2)23)29-16-9-7-15(8-10-16)21(4,5)6/h7-10,17-20H,11H2,1-6H3/t17-,18-,19+,20-/m1/s1. The Morgan fingerprint density at radius 3 is 1.86 bits per heavy atom. The molecule has 8 heteroatoms. The van der Waals surface area contributed by atoms with Crippen molar-refractivity contribution in [1.29, 1.82) is 0 Å². The second-order valence-electron chi connectivity index (χ2n) is 7.89. The fourth-order valence-electron chi connectivity index (χ4n) is 2.98. The third-order valence-corrected chi connectivity index (χ3v) is 4.28. The van der Waals surface area contributed by atoms with Gasteiger partial charge in [0.25, 0.3) is 0 Å². The van der Waals surface area contributed by atoms with E-state index in [0.717, 1.165) is 5.56 Å². The van der Waals surface area contributed by atoms with Gasteiger partial charge in [0.1, 0.15) is 5.75 Å². The third-order valence-electron chi connectivity index (χ3n) is 4.28. The fraction of sp³-hybridized carbons (Fsp3) is 0.571. The van der Waals surface area contributed by atoms with E-state index in [4.69, 9.17) is 23.7 Å².